The van der Waals surface area contributed by atoms with Crippen LogP contribution in [0.5, 0.6) is 0 Å². The van der Waals surface area contributed by atoms with Crippen LogP contribution in [-0.2, 0) is 13.6 Å². The summed E-state index contributed by atoms with van der Waals surface area (Å²) in [7, 11) is 1.71. The average Bonchev–Trinajstić information content (AvgIpc) is 3.10. The molecule has 0 unspecified atom stereocenters. The number of aryl methyl sites for hydroxylation is 2. The topological polar surface area (TPSA) is 33.1 Å². The Balaban J connectivity index is 2.32. The molecule has 7 heteroatoms. The quantitative estimate of drug-likeness (QED) is 0.873. The molecule has 0 radical (unpaired) electrons. The lowest BCUT2D eigenvalue weighted by Crippen LogP contribution is -2.38. The lowest BCUT2D eigenvalue weighted by atomic mass is 10.2. The molecule has 2 rings (SSSR count). The number of nitrogens with zero attached hydrogens (tertiary/aromatic N) is 3. The summed E-state index contributed by atoms with van der Waals surface area (Å²) in [6.45, 7) is 4.23. The van der Waals surface area contributed by atoms with Crippen LogP contribution >= 0.6 is 0 Å². The van der Waals surface area contributed by atoms with Gasteiger partial charge in [-0.15, -0.1) is 0 Å². The first-order valence-corrected chi connectivity index (χ1v) is 6.90. The van der Waals surface area contributed by atoms with Crippen LogP contribution in [0.2, 0.25) is 0 Å². The highest BCUT2D eigenvalue weighted by molar-refractivity contribution is 5.52. The van der Waals surface area contributed by atoms with Gasteiger partial charge in [-0.25, -0.2) is 0 Å². The Kier molecular flexibility index (Phi) is 4.27. The minimum Gasteiger partial charge on any atom is -0.344 e. The van der Waals surface area contributed by atoms with Gasteiger partial charge < -0.3 is 10.2 Å². The molecule has 0 spiro atoms. The largest absolute Gasteiger partial charge is 0.405 e. The van der Waals surface area contributed by atoms with E-state index in [1.165, 1.54) is 4.90 Å². The van der Waals surface area contributed by atoms with Gasteiger partial charge in [0.05, 0.1) is 5.69 Å². The van der Waals surface area contributed by atoms with Crippen molar-refractivity contribution in [2.24, 2.45) is 7.05 Å². The first kappa shape index (κ1) is 15.2. The van der Waals surface area contributed by atoms with E-state index in [4.69, 9.17) is 0 Å². The minimum atomic E-state index is -4.20. The average molecular weight is 290 g/mol. The van der Waals surface area contributed by atoms with E-state index < -0.39 is 12.7 Å². The van der Waals surface area contributed by atoms with Crippen molar-refractivity contribution in [3.63, 3.8) is 0 Å². The van der Waals surface area contributed by atoms with E-state index in [0.29, 0.717) is 12.4 Å². The van der Waals surface area contributed by atoms with Crippen molar-refractivity contribution in [3.8, 4) is 0 Å². The van der Waals surface area contributed by atoms with Gasteiger partial charge in [-0.3, -0.25) is 4.68 Å². The Morgan fingerprint density at radius 1 is 1.40 bits per heavy atom. The Bertz CT molecular complexity index is 463. The van der Waals surface area contributed by atoms with Crippen LogP contribution < -0.4 is 10.2 Å². The van der Waals surface area contributed by atoms with Gasteiger partial charge in [-0.1, -0.05) is 6.92 Å². The van der Waals surface area contributed by atoms with Gasteiger partial charge in [0.2, 0.25) is 0 Å². The molecule has 1 heterocycles. The number of rotatable bonds is 6. The molecule has 0 aliphatic heterocycles. The van der Waals surface area contributed by atoms with Gasteiger partial charge in [0.15, 0.2) is 0 Å². The highest BCUT2D eigenvalue weighted by Gasteiger charge is 2.40. The van der Waals surface area contributed by atoms with Gasteiger partial charge in [-0.2, -0.15) is 18.3 Å². The number of alkyl halides is 3. The van der Waals surface area contributed by atoms with Gasteiger partial charge in [-0.05, 0) is 26.3 Å². The summed E-state index contributed by atoms with van der Waals surface area (Å²) in [6.07, 6.45) is -2.56. The van der Waals surface area contributed by atoms with Crippen molar-refractivity contribution < 1.29 is 13.2 Å². The molecule has 1 aliphatic rings. The molecule has 1 aromatic heterocycles. The Morgan fingerprint density at radius 3 is 2.55 bits per heavy atom. The van der Waals surface area contributed by atoms with Crippen molar-refractivity contribution in [2.75, 3.05) is 18.0 Å². The van der Waals surface area contributed by atoms with Crippen molar-refractivity contribution in [1.29, 1.82) is 0 Å². The Morgan fingerprint density at radius 2 is 2.05 bits per heavy atom. The third-order valence-electron chi connectivity index (χ3n) is 3.47. The second-order valence-corrected chi connectivity index (χ2v) is 5.27. The fraction of sp³-hybridized carbons (Fsp3) is 0.769. The second-order valence-electron chi connectivity index (χ2n) is 5.27. The maximum absolute atomic E-state index is 12.8. The van der Waals surface area contributed by atoms with Crippen LogP contribution in [0.3, 0.4) is 0 Å². The summed E-state index contributed by atoms with van der Waals surface area (Å²) < 4.78 is 40.0. The fourth-order valence-electron chi connectivity index (χ4n) is 2.46. The normalized spacial score (nSPS) is 15.7. The third kappa shape index (κ3) is 3.45. The number of aromatic nitrogens is 2. The second kappa shape index (κ2) is 5.63. The maximum atomic E-state index is 12.8. The van der Waals surface area contributed by atoms with Crippen molar-refractivity contribution >= 4 is 5.82 Å². The van der Waals surface area contributed by atoms with Crippen LogP contribution in [-0.4, -0.2) is 35.1 Å². The summed E-state index contributed by atoms with van der Waals surface area (Å²) >= 11 is 0. The number of hydrogen-bond donors (Lipinski definition) is 1. The van der Waals surface area contributed by atoms with Crippen LogP contribution in [0, 0.1) is 6.92 Å². The third-order valence-corrected chi connectivity index (χ3v) is 3.47. The molecular formula is C13H21F3N4. The summed E-state index contributed by atoms with van der Waals surface area (Å²) in [5, 5.41) is 7.47. The molecule has 1 N–H and O–H groups in total. The predicted molar refractivity (Wildman–Crippen MR) is 71.7 cm³/mol. The van der Waals surface area contributed by atoms with E-state index in [2.05, 4.69) is 10.4 Å². The van der Waals surface area contributed by atoms with Crippen LogP contribution in [0.15, 0.2) is 0 Å². The molecular weight excluding hydrogens is 269 g/mol. The maximum Gasteiger partial charge on any atom is 0.405 e. The minimum absolute atomic E-state index is 0.00759. The lowest BCUT2D eigenvalue weighted by molar-refractivity contribution is -0.120. The fourth-order valence-corrected chi connectivity index (χ4v) is 2.46. The van der Waals surface area contributed by atoms with Gasteiger partial charge in [0.1, 0.15) is 12.4 Å². The highest BCUT2D eigenvalue weighted by Crippen LogP contribution is 2.36. The van der Waals surface area contributed by atoms with Crippen molar-refractivity contribution in [1.82, 2.24) is 15.1 Å². The van der Waals surface area contributed by atoms with E-state index in [-0.39, 0.29) is 6.04 Å². The molecule has 0 saturated heterocycles. The van der Waals surface area contributed by atoms with Crippen LogP contribution in [0.25, 0.3) is 0 Å². The summed E-state index contributed by atoms with van der Waals surface area (Å²) in [4.78, 5) is 1.46. The summed E-state index contributed by atoms with van der Waals surface area (Å²) in [5.74, 6) is 0.600. The predicted octanol–water partition coefficient (Wildman–Crippen LogP) is 2.37. The van der Waals surface area contributed by atoms with Gasteiger partial charge in [0.25, 0.3) is 0 Å². The Hall–Kier alpha value is -1.24. The van der Waals surface area contributed by atoms with Gasteiger partial charge in [0, 0.05) is 25.2 Å². The zero-order chi connectivity index (χ0) is 14.9. The van der Waals surface area contributed by atoms with E-state index in [9.17, 15) is 13.2 Å². The number of nitrogens with one attached hydrogen (secondary N) is 1. The molecule has 0 amide bonds. The van der Waals surface area contributed by atoms with E-state index in [1.54, 1.807) is 11.7 Å². The smallest absolute Gasteiger partial charge is 0.344 e. The lowest BCUT2D eigenvalue weighted by Gasteiger charge is -2.27. The van der Waals surface area contributed by atoms with Crippen LogP contribution in [0.4, 0.5) is 19.0 Å². The summed E-state index contributed by atoms with van der Waals surface area (Å²) in [6, 6.07) is -0.00759. The first-order valence-electron chi connectivity index (χ1n) is 6.90. The van der Waals surface area contributed by atoms with Gasteiger partial charge >= 0.3 is 6.18 Å². The zero-order valence-corrected chi connectivity index (χ0v) is 12.1. The molecule has 0 bridgehead atoms. The Labute approximate surface area is 116 Å². The summed E-state index contributed by atoms with van der Waals surface area (Å²) in [5.41, 5.74) is 1.65. The van der Waals surface area contributed by atoms with Crippen LogP contribution in [0.1, 0.15) is 31.0 Å². The first-order chi connectivity index (χ1) is 9.33. The molecule has 20 heavy (non-hydrogen) atoms. The zero-order valence-electron chi connectivity index (χ0n) is 12.1. The van der Waals surface area contributed by atoms with Crippen molar-refractivity contribution in [3.05, 3.63) is 11.3 Å². The number of hydrogen-bond acceptors (Lipinski definition) is 3. The molecule has 1 aliphatic carbocycles. The van der Waals surface area contributed by atoms with E-state index in [0.717, 1.165) is 30.6 Å². The van der Waals surface area contributed by atoms with Crippen molar-refractivity contribution in [2.45, 2.75) is 45.5 Å². The molecule has 1 aromatic rings. The monoisotopic (exact) mass is 290 g/mol. The standard InChI is InChI=1S/C13H21F3N4/c1-4-17-7-11-9(2)18-19(3)12(11)20(10-5-6-10)8-13(14,15)16/h10,17H,4-8H2,1-3H3. The molecule has 114 valence electrons. The molecule has 1 fully saturated rings. The highest BCUT2D eigenvalue weighted by atomic mass is 19.4. The number of halogens is 3. The molecule has 0 aromatic carbocycles. The SMILES string of the molecule is CCNCc1c(C)nn(C)c1N(CC(F)(F)F)C1CC1. The van der Waals surface area contributed by atoms with E-state index >= 15 is 0 Å². The molecule has 4 nitrogen and oxygen atoms in total. The van der Waals surface area contributed by atoms with E-state index in [1.807, 2.05) is 13.8 Å². The molecule has 0 atom stereocenters. The number of anilines is 1. The molecule has 1 saturated carbocycles.